The average Bonchev–Trinajstić information content (AvgIpc) is 3.00. The summed E-state index contributed by atoms with van der Waals surface area (Å²) in [7, 11) is 0. The molecule has 2 unspecified atom stereocenters. The summed E-state index contributed by atoms with van der Waals surface area (Å²) in [5.74, 6) is -1.15. The number of nitrogens with zero attached hydrogens (tertiary/aromatic N) is 1. The van der Waals surface area contributed by atoms with E-state index in [-0.39, 0.29) is 18.2 Å². The Balaban J connectivity index is 1.93. The van der Waals surface area contributed by atoms with Gasteiger partial charge in [-0.05, 0) is 62.3 Å². The minimum atomic E-state index is -5.09. The maximum absolute atomic E-state index is 13.7. The predicted molar refractivity (Wildman–Crippen MR) is 134 cm³/mol. The van der Waals surface area contributed by atoms with Gasteiger partial charge in [-0.15, -0.1) is 10.3 Å². The molecule has 4 nitrogen and oxygen atoms in total. The number of carbonyl (C=O) groups is 1. The summed E-state index contributed by atoms with van der Waals surface area (Å²) >= 11 is 0. The standard InChI is InChI=1S/C29H38F6NO3/c1-6-7-8-9-10-11-12-26(4)16-22-23(17-25(2,3)18-27(22,5)36(26)38)39-24(37)19-13-20(28(30,31)32)15-21(14-19)29(33,34)35/h13-15H,6-12,16-18H2,1-5H3. The first kappa shape index (κ1) is 31.5. The molecule has 0 spiro atoms. The molecular weight excluding hydrogens is 524 g/mol. The molecule has 0 amide bonds. The summed E-state index contributed by atoms with van der Waals surface area (Å²) in [6.07, 6.45) is -2.16. The van der Waals surface area contributed by atoms with Crippen LogP contribution in [0.4, 0.5) is 26.3 Å². The highest BCUT2D eigenvalue weighted by Gasteiger charge is 2.59. The predicted octanol–water partition coefficient (Wildman–Crippen LogP) is 9.27. The zero-order valence-corrected chi connectivity index (χ0v) is 23.2. The molecule has 1 aromatic carbocycles. The largest absolute Gasteiger partial charge is 0.427 e. The molecule has 1 aromatic rings. The van der Waals surface area contributed by atoms with Crippen LogP contribution < -0.4 is 0 Å². The molecule has 0 bridgehead atoms. The third kappa shape index (κ3) is 6.99. The summed E-state index contributed by atoms with van der Waals surface area (Å²) in [6, 6.07) is 0.708. The second-order valence-electron chi connectivity index (χ2n) is 12.4. The third-order valence-corrected chi connectivity index (χ3v) is 8.05. The first-order valence-corrected chi connectivity index (χ1v) is 13.5. The van der Waals surface area contributed by atoms with E-state index in [1.54, 1.807) is 6.92 Å². The number of fused-ring (bicyclic) bond motifs is 1. The van der Waals surface area contributed by atoms with E-state index in [4.69, 9.17) is 4.74 Å². The van der Waals surface area contributed by atoms with Crippen LogP contribution in [-0.4, -0.2) is 22.1 Å². The zero-order chi connectivity index (χ0) is 29.4. The lowest BCUT2D eigenvalue weighted by Crippen LogP contribution is -2.51. The number of rotatable bonds is 9. The van der Waals surface area contributed by atoms with Gasteiger partial charge in [0.2, 0.25) is 0 Å². The lowest BCUT2D eigenvalue weighted by molar-refractivity contribution is -0.257. The number of hydrogen-bond acceptors (Lipinski definition) is 3. The number of hydroxylamine groups is 2. The Kier molecular flexibility index (Phi) is 8.93. The number of ether oxygens (including phenoxy) is 1. The van der Waals surface area contributed by atoms with Crippen LogP contribution >= 0.6 is 0 Å². The van der Waals surface area contributed by atoms with Gasteiger partial charge in [0.1, 0.15) is 5.76 Å². The highest BCUT2D eigenvalue weighted by molar-refractivity contribution is 5.90. The monoisotopic (exact) mass is 562 g/mol. The van der Waals surface area contributed by atoms with Crippen molar-refractivity contribution >= 4 is 5.97 Å². The Bertz CT molecular complexity index is 1060. The number of allylic oxidation sites excluding steroid dienone is 1. The van der Waals surface area contributed by atoms with Gasteiger partial charge in [-0.2, -0.15) is 26.3 Å². The van der Waals surface area contributed by atoms with Crippen molar-refractivity contribution in [2.24, 2.45) is 5.41 Å². The van der Waals surface area contributed by atoms with Gasteiger partial charge < -0.3 is 4.74 Å². The van der Waals surface area contributed by atoms with Crippen molar-refractivity contribution in [1.29, 1.82) is 0 Å². The van der Waals surface area contributed by atoms with Crippen molar-refractivity contribution in [3.05, 3.63) is 46.2 Å². The Morgan fingerprint density at radius 3 is 1.95 bits per heavy atom. The minimum absolute atomic E-state index is 0.0283. The number of unbranched alkanes of at least 4 members (excludes halogenated alkanes) is 5. The van der Waals surface area contributed by atoms with Gasteiger partial charge in [-0.25, -0.2) is 4.79 Å². The van der Waals surface area contributed by atoms with E-state index >= 15 is 0 Å². The van der Waals surface area contributed by atoms with E-state index in [1.807, 2.05) is 20.8 Å². The van der Waals surface area contributed by atoms with Crippen LogP contribution in [0.3, 0.4) is 0 Å². The summed E-state index contributed by atoms with van der Waals surface area (Å²) in [5.41, 5.74) is -5.68. The fraction of sp³-hybridized carbons (Fsp3) is 0.690. The molecule has 0 aromatic heterocycles. The number of esters is 1. The van der Waals surface area contributed by atoms with Crippen molar-refractivity contribution in [2.75, 3.05) is 0 Å². The minimum Gasteiger partial charge on any atom is -0.427 e. The molecule has 2 aliphatic rings. The Morgan fingerprint density at radius 1 is 0.872 bits per heavy atom. The van der Waals surface area contributed by atoms with Gasteiger partial charge in [0.15, 0.2) is 0 Å². The second-order valence-corrected chi connectivity index (χ2v) is 12.4. The van der Waals surface area contributed by atoms with E-state index in [1.165, 1.54) is 0 Å². The Labute approximate surface area is 226 Å². The molecule has 1 fully saturated rings. The number of hydrogen-bond donors (Lipinski definition) is 0. The van der Waals surface area contributed by atoms with Gasteiger partial charge in [-0.3, -0.25) is 0 Å². The van der Waals surface area contributed by atoms with Crippen LogP contribution in [0.2, 0.25) is 0 Å². The lowest BCUT2D eigenvalue weighted by atomic mass is 9.68. The van der Waals surface area contributed by atoms with E-state index in [0.717, 1.165) is 43.6 Å². The fourth-order valence-corrected chi connectivity index (χ4v) is 6.29. The van der Waals surface area contributed by atoms with Gasteiger partial charge >= 0.3 is 18.3 Å². The summed E-state index contributed by atoms with van der Waals surface area (Å²) < 4.78 is 85.6. The SMILES string of the molecule is CCCCCCCCC1(C)CC2=C(OC(=O)c3cc(C(F)(F)F)cc(C(F)(F)F)c3)CC(C)(C)CC2(C)N1[O]. The van der Waals surface area contributed by atoms with Crippen LogP contribution in [-0.2, 0) is 22.3 Å². The van der Waals surface area contributed by atoms with Crippen molar-refractivity contribution in [1.82, 2.24) is 5.06 Å². The molecule has 1 saturated heterocycles. The quantitative estimate of drug-likeness (QED) is 0.171. The molecular formula is C29H38F6NO3. The Hall–Kier alpha value is -2.07. The van der Waals surface area contributed by atoms with Crippen molar-refractivity contribution in [3.8, 4) is 0 Å². The molecule has 219 valence electrons. The zero-order valence-electron chi connectivity index (χ0n) is 23.2. The smallest absolute Gasteiger partial charge is 0.416 e. The lowest BCUT2D eigenvalue weighted by Gasteiger charge is -2.44. The molecule has 1 aliphatic carbocycles. The van der Waals surface area contributed by atoms with E-state index in [2.05, 4.69) is 6.92 Å². The number of carbonyl (C=O) groups excluding carboxylic acids is 1. The molecule has 3 rings (SSSR count). The van der Waals surface area contributed by atoms with Crippen molar-refractivity contribution < 1.29 is 41.1 Å². The average molecular weight is 563 g/mol. The highest BCUT2D eigenvalue weighted by atomic mass is 19.4. The van der Waals surface area contributed by atoms with Crippen molar-refractivity contribution in [3.63, 3.8) is 0 Å². The van der Waals surface area contributed by atoms with Crippen molar-refractivity contribution in [2.45, 2.75) is 122 Å². The van der Waals surface area contributed by atoms with Crippen LogP contribution in [0, 0.1) is 5.41 Å². The molecule has 0 saturated carbocycles. The topological polar surface area (TPSA) is 49.4 Å². The third-order valence-electron chi connectivity index (χ3n) is 8.05. The molecule has 0 N–H and O–H groups in total. The number of alkyl halides is 6. The van der Waals surface area contributed by atoms with E-state index in [0.29, 0.717) is 37.0 Å². The van der Waals surface area contributed by atoms with Crippen LogP contribution in [0.15, 0.2) is 29.5 Å². The fourth-order valence-electron chi connectivity index (χ4n) is 6.29. The van der Waals surface area contributed by atoms with Crippen LogP contribution in [0.5, 0.6) is 0 Å². The Morgan fingerprint density at radius 2 is 1.41 bits per heavy atom. The number of benzene rings is 1. The molecule has 39 heavy (non-hydrogen) atoms. The second kappa shape index (κ2) is 11.1. The maximum atomic E-state index is 13.7. The first-order chi connectivity index (χ1) is 17.8. The molecule has 2 atom stereocenters. The van der Waals surface area contributed by atoms with Gasteiger partial charge in [-0.1, -0.05) is 59.3 Å². The molecule has 1 aliphatic heterocycles. The molecule has 1 heterocycles. The summed E-state index contributed by atoms with van der Waals surface area (Å²) in [5, 5.41) is 14.8. The van der Waals surface area contributed by atoms with Gasteiger partial charge in [0.05, 0.1) is 27.8 Å². The van der Waals surface area contributed by atoms with E-state index < -0.39 is 51.5 Å². The molecule has 10 heteroatoms. The normalized spacial score (nSPS) is 25.6. The summed E-state index contributed by atoms with van der Waals surface area (Å²) in [4.78, 5) is 13.0. The highest BCUT2D eigenvalue weighted by Crippen LogP contribution is 2.56. The summed E-state index contributed by atoms with van der Waals surface area (Å²) in [6.45, 7) is 9.58. The maximum Gasteiger partial charge on any atom is 0.416 e. The molecule has 1 radical (unpaired) electrons. The van der Waals surface area contributed by atoms with Crippen LogP contribution in [0.1, 0.15) is 120 Å². The number of halogens is 6. The van der Waals surface area contributed by atoms with E-state index in [9.17, 15) is 36.3 Å². The first-order valence-electron chi connectivity index (χ1n) is 13.5. The van der Waals surface area contributed by atoms with Crippen LogP contribution in [0.25, 0.3) is 0 Å². The van der Waals surface area contributed by atoms with Gasteiger partial charge in [0, 0.05) is 6.42 Å². The van der Waals surface area contributed by atoms with Gasteiger partial charge in [0.25, 0.3) is 0 Å².